The number of halogens is 1. The molecule has 1 unspecified atom stereocenters. The van der Waals surface area contributed by atoms with Crippen molar-refractivity contribution in [2.75, 3.05) is 6.54 Å². The van der Waals surface area contributed by atoms with Crippen LogP contribution in [0.5, 0.6) is 0 Å². The third-order valence-electron chi connectivity index (χ3n) is 2.31. The van der Waals surface area contributed by atoms with Gasteiger partial charge in [0.1, 0.15) is 0 Å². The number of nitrogens with one attached hydrogen (secondary N) is 1. The molecule has 0 fully saturated rings. The summed E-state index contributed by atoms with van der Waals surface area (Å²) in [5.74, 6) is 0. The molecular weight excluding hydrogens is 260 g/mol. The Morgan fingerprint density at radius 2 is 2.36 bits per heavy atom. The van der Waals surface area contributed by atoms with Crippen LogP contribution in [0.4, 0.5) is 0 Å². The number of hydrogen-bond acceptors (Lipinski definition) is 3. The third-order valence-corrected chi connectivity index (χ3v) is 4.24. The first kappa shape index (κ1) is 12.2. The van der Waals surface area contributed by atoms with Crippen molar-refractivity contribution >= 4 is 27.3 Å². The number of nitrogens with two attached hydrogens (primary N) is 1. The Morgan fingerprint density at radius 3 is 2.86 bits per heavy atom. The summed E-state index contributed by atoms with van der Waals surface area (Å²) in [7, 11) is 0. The lowest BCUT2D eigenvalue weighted by molar-refractivity contribution is 0.416. The molecule has 0 bridgehead atoms. The van der Waals surface area contributed by atoms with Crippen LogP contribution < -0.4 is 11.1 Å². The zero-order valence-electron chi connectivity index (χ0n) is 8.64. The summed E-state index contributed by atoms with van der Waals surface area (Å²) in [6.07, 6.45) is 0.992. The van der Waals surface area contributed by atoms with Gasteiger partial charge in [0.25, 0.3) is 0 Å². The van der Waals surface area contributed by atoms with Gasteiger partial charge in [-0.3, -0.25) is 0 Å². The summed E-state index contributed by atoms with van der Waals surface area (Å²) < 4.78 is 1.19. The van der Waals surface area contributed by atoms with Crippen molar-refractivity contribution < 1.29 is 0 Å². The SMILES string of the molecule is CCC(C)(N)CNCc1sccc1Br. The molecule has 1 atom stereocenters. The maximum Gasteiger partial charge on any atom is 0.0327 e. The fourth-order valence-electron chi connectivity index (χ4n) is 1.04. The van der Waals surface area contributed by atoms with E-state index in [2.05, 4.69) is 46.5 Å². The second-order valence-corrected chi connectivity index (χ2v) is 5.66. The summed E-state index contributed by atoms with van der Waals surface area (Å²) >= 11 is 5.26. The molecule has 80 valence electrons. The highest BCUT2D eigenvalue weighted by atomic mass is 79.9. The van der Waals surface area contributed by atoms with Gasteiger partial charge in [-0.15, -0.1) is 11.3 Å². The monoisotopic (exact) mass is 276 g/mol. The molecular formula is C10H17BrN2S. The van der Waals surface area contributed by atoms with E-state index in [0.29, 0.717) is 0 Å². The van der Waals surface area contributed by atoms with Gasteiger partial charge in [-0.2, -0.15) is 0 Å². The average Bonchev–Trinajstić information content (AvgIpc) is 2.52. The molecule has 0 saturated carbocycles. The summed E-state index contributed by atoms with van der Waals surface area (Å²) in [5, 5.41) is 5.46. The van der Waals surface area contributed by atoms with Crippen LogP contribution in [-0.4, -0.2) is 12.1 Å². The van der Waals surface area contributed by atoms with Crippen LogP contribution >= 0.6 is 27.3 Å². The van der Waals surface area contributed by atoms with E-state index < -0.39 is 0 Å². The van der Waals surface area contributed by atoms with Crippen molar-refractivity contribution in [1.82, 2.24) is 5.32 Å². The minimum atomic E-state index is -0.0935. The molecule has 3 N–H and O–H groups in total. The molecule has 1 heterocycles. The number of rotatable bonds is 5. The molecule has 1 rings (SSSR count). The first-order valence-corrected chi connectivity index (χ1v) is 6.44. The van der Waals surface area contributed by atoms with E-state index in [-0.39, 0.29) is 5.54 Å². The Bertz CT molecular complexity index is 283. The van der Waals surface area contributed by atoms with Gasteiger partial charge in [-0.1, -0.05) is 6.92 Å². The van der Waals surface area contributed by atoms with E-state index in [0.717, 1.165) is 19.5 Å². The predicted octanol–water partition coefficient (Wildman–Crippen LogP) is 2.73. The fourth-order valence-corrected chi connectivity index (χ4v) is 2.50. The Morgan fingerprint density at radius 1 is 1.64 bits per heavy atom. The van der Waals surface area contributed by atoms with Crippen LogP contribution in [0.3, 0.4) is 0 Å². The molecule has 0 aromatic carbocycles. The van der Waals surface area contributed by atoms with Crippen LogP contribution in [-0.2, 0) is 6.54 Å². The lowest BCUT2D eigenvalue weighted by atomic mass is 10.0. The van der Waals surface area contributed by atoms with Crippen molar-refractivity contribution in [2.24, 2.45) is 5.73 Å². The zero-order chi connectivity index (χ0) is 10.6. The van der Waals surface area contributed by atoms with Crippen molar-refractivity contribution in [2.45, 2.75) is 32.4 Å². The molecule has 0 aliphatic rings. The summed E-state index contributed by atoms with van der Waals surface area (Å²) in [5.41, 5.74) is 5.93. The van der Waals surface area contributed by atoms with E-state index in [1.54, 1.807) is 11.3 Å². The van der Waals surface area contributed by atoms with Gasteiger partial charge in [0.15, 0.2) is 0 Å². The highest BCUT2D eigenvalue weighted by Crippen LogP contribution is 2.22. The molecule has 0 spiro atoms. The molecule has 0 amide bonds. The predicted molar refractivity (Wildman–Crippen MR) is 66.6 cm³/mol. The lowest BCUT2D eigenvalue weighted by Crippen LogP contribution is -2.45. The van der Waals surface area contributed by atoms with E-state index in [1.807, 2.05) is 0 Å². The standard InChI is InChI=1S/C10H17BrN2S/c1-3-10(2,12)7-13-6-9-8(11)4-5-14-9/h4-5,13H,3,6-7,12H2,1-2H3. The van der Waals surface area contributed by atoms with Crippen molar-refractivity contribution in [3.63, 3.8) is 0 Å². The summed E-state index contributed by atoms with van der Waals surface area (Å²) in [4.78, 5) is 1.33. The van der Waals surface area contributed by atoms with Gasteiger partial charge in [0, 0.05) is 28.0 Å². The Balaban J connectivity index is 2.32. The minimum absolute atomic E-state index is 0.0935. The van der Waals surface area contributed by atoms with Gasteiger partial charge >= 0.3 is 0 Å². The number of thiophene rings is 1. The van der Waals surface area contributed by atoms with Crippen LogP contribution in [0.1, 0.15) is 25.1 Å². The van der Waals surface area contributed by atoms with E-state index in [1.165, 1.54) is 9.35 Å². The first-order chi connectivity index (χ1) is 6.55. The van der Waals surface area contributed by atoms with E-state index in [9.17, 15) is 0 Å². The van der Waals surface area contributed by atoms with Gasteiger partial charge < -0.3 is 11.1 Å². The molecule has 0 aliphatic carbocycles. The summed E-state index contributed by atoms with van der Waals surface area (Å²) in [6.45, 7) is 5.94. The Kier molecular flexibility index (Phi) is 4.57. The normalized spacial score (nSPS) is 15.4. The first-order valence-electron chi connectivity index (χ1n) is 4.76. The molecule has 0 aliphatic heterocycles. The zero-order valence-corrected chi connectivity index (χ0v) is 11.0. The van der Waals surface area contributed by atoms with Crippen LogP contribution in [0.15, 0.2) is 15.9 Å². The molecule has 1 aromatic rings. The maximum absolute atomic E-state index is 6.02. The molecule has 1 aromatic heterocycles. The van der Waals surface area contributed by atoms with Crippen LogP contribution in [0.25, 0.3) is 0 Å². The molecule has 4 heteroatoms. The second-order valence-electron chi connectivity index (χ2n) is 3.80. The minimum Gasteiger partial charge on any atom is -0.324 e. The van der Waals surface area contributed by atoms with Crippen molar-refractivity contribution in [3.8, 4) is 0 Å². The van der Waals surface area contributed by atoms with E-state index in [4.69, 9.17) is 5.73 Å². The topological polar surface area (TPSA) is 38.0 Å². The highest BCUT2D eigenvalue weighted by molar-refractivity contribution is 9.10. The van der Waals surface area contributed by atoms with E-state index >= 15 is 0 Å². The van der Waals surface area contributed by atoms with Gasteiger partial charge in [0.2, 0.25) is 0 Å². The largest absolute Gasteiger partial charge is 0.324 e. The van der Waals surface area contributed by atoms with Crippen molar-refractivity contribution in [3.05, 3.63) is 20.8 Å². The van der Waals surface area contributed by atoms with Crippen LogP contribution in [0.2, 0.25) is 0 Å². The molecule has 0 radical (unpaired) electrons. The van der Waals surface area contributed by atoms with Gasteiger partial charge in [0.05, 0.1) is 0 Å². The average molecular weight is 277 g/mol. The second kappa shape index (κ2) is 5.26. The van der Waals surface area contributed by atoms with Crippen molar-refractivity contribution in [1.29, 1.82) is 0 Å². The van der Waals surface area contributed by atoms with Gasteiger partial charge in [-0.25, -0.2) is 0 Å². The Hall–Kier alpha value is 0.100. The highest BCUT2D eigenvalue weighted by Gasteiger charge is 2.14. The Labute approximate surface area is 98.0 Å². The summed E-state index contributed by atoms with van der Waals surface area (Å²) in [6, 6.07) is 2.07. The van der Waals surface area contributed by atoms with Crippen LogP contribution in [0, 0.1) is 0 Å². The smallest absolute Gasteiger partial charge is 0.0327 e. The number of hydrogen-bond donors (Lipinski definition) is 2. The quantitative estimate of drug-likeness (QED) is 0.868. The maximum atomic E-state index is 6.02. The third kappa shape index (κ3) is 3.69. The fraction of sp³-hybridized carbons (Fsp3) is 0.600. The molecule has 2 nitrogen and oxygen atoms in total. The molecule has 14 heavy (non-hydrogen) atoms. The molecule has 0 saturated heterocycles. The lowest BCUT2D eigenvalue weighted by Gasteiger charge is -2.22. The van der Waals surface area contributed by atoms with Gasteiger partial charge in [-0.05, 0) is 40.7 Å².